The maximum absolute atomic E-state index is 12.5. The molecule has 2 heterocycles. The average molecular weight is 346 g/mol. The molecule has 0 saturated carbocycles. The molecular weight excluding hydrogens is 332 g/mol. The molecule has 0 saturated heterocycles. The number of esters is 1. The zero-order valence-corrected chi connectivity index (χ0v) is 13.9. The molecular formula is C15H14N4O2S2. The van der Waals surface area contributed by atoms with Gasteiger partial charge in [0.25, 0.3) is 0 Å². The highest BCUT2D eigenvalue weighted by atomic mass is 32.1. The summed E-state index contributed by atoms with van der Waals surface area (Å²) in [5.74, 6) is -0.410. The summed E-state index contributed by atoms with van der Waals surface area (Å²) < 4.78 is 9.11. The van der Waals surface area contributed by atoms with Crippen molar-refractivity contribution in [1.82, 2.24) is 20.2 Å². The number of carbonyl (C=O) groups is 1. The Morgan fingerprint density at radius 1 is 1.39 bits per heavy atom. The van der Waals surface area contributed by atoms with Crippen molar-refractivity contribution in [2.24, 2.45) is 0 Å². The van der Waals surface area contributed by atoms with Gasteiger partial charge in [0.05, 0.1) is 17.9 Å². The lowest BCUT2D eigenvalue weighted by atomic mass is 9.96. The van der Waals surface area contributed by atoms with E-state index in [4.69, 9.17) is 17.0 Å². The maximum atomic E-state index is 12.5. The molecule has 2 aromatic rings. The highest BCUT2D eigenvalue weighted by Gasteiger charge is 2.34. The number of hydrogen-bond donors (Lipinski definition) is 2. The Morgan fingerprint density at radius 2 is 2.17 bits per heavy atom. The van der Waals surface area contributed by atoms with E-state index in [9.17, 15) is 4.79 Å². The summed E-state index contributed by atoms with van der Waals surface area (Å²) in [6.07, 6.45) is 0. The Bertz CT molecular complexity index is 744. The lowest BCUT2D eigenvalue weighted by Crippen LogP contribution is -2.45. The predicted molar refractivity (Wildman–Crippen MR) is 91.5 cm³/mol. The molecule has 1 aliphatic rings. The third kappa shape index (κ3) is 3.22. The number of ether oxygens (including phenoxy) is 1. The van der Waals surface area contributed by atoms with E-state index in [1.165, 1.54) is 11.5 Å². The van der Waals surface area contributed by atoms with Crippen LogP contribution in [-0.4, -0.2) is 27.3 Å². The summed E-state index contributed by atoms with van der Waals surface area (Å²) in [6, 6.07) is 9.04. The largest absolute Gasteiger partial charge is 0.463 e. The van der Waals surface area contributed by atoms with Gasteiger partial charge in [0.2, 0.25) is 0 Å². The summed E-state index contributed by atoms with van der Waals surface area (Å²) in [5.41, 5.74) is 2.56. The second-order valence-corrected chi connectivity index (χ2v) is 5.75. The van der Waals surface area contributed by atoms with Crippen LogP contribution in [0.5, 0.6) is 0 Å². The van der Waals surface area contributed by atoms with Gasteiger partial charge >= 0.3 is 5.97 Å². The summed E-state index contributed by atoms with van der Waals surface area (Å²) in [7, 11) is 0. The zero-order chi connectivity index (χ0) is 16.2. The SMILES string of the molecule is CCOC(=O)C1=C(c2ccccc2)NC(=S)N[C@@H]1c1csnn1. The number of nitrogens with zero attached hydrogens (tertiary/aromatic N) is 2. The molecule has 3 rings (SSSR count). The van der Waals surface area contributed by atoms with Crippen molar-refractivity contribution in [2.75, 3.05) is 6.61 Å². The number of rotatable bonds is 4. The van der Waals surface area contributed by atoms with Crippen molar-refractivity contribution in [3.63, 3.8) is 0 Å². The maximum Gasteiger partial charge on any atom is 0.338 e. The molecule has 0 fully saturated rings. The van der Waals surface area contributed by atoms with Gasteiger partial charge in [-0.25, -0.2) is 4.79 Å². The molecule has 0 unspecified atom stereocenters. The lowest BCUT2D eigenvalue weighted by molar-refractivity contribution is -0.138. The molecule has 1 atom stereocenters. The average Bonchev–Trinajstić information content (AvgIpc) is 3.09. The number of thiocarbonyl (C=S) groups is 1. The molecule has 0 radical (unpaired) electrons. The second-order valence-electron chi connectivity index (χ2n) is 4.74. The van der Waals surface area contributed by atoms with Gasteiger partial charge in [0.1, 0.15) is 11.7 Å². The van der Waals surface area contributed by atoms with E-state index in [1.807, 2.05) is 30.3 Å². The summed E-state index contributed by atoms with van der Waals surface area (Å²) in [4.78, 5) is 12.5. The van der Waals surface area contributed by atoms with Gasteiger partial charge in [-0.2, -0.15) is 0 Å². The topological polar surface area (TPSA) is 76.1 Å². The zero-order valence-electron chi connectivity index (χ0n) is 12.3. The third-order valence-electron chi connectivity index (χ3n) is 3.30. The van der Waals surface area contributed by atoms with Crippen LogP contribution in [0.2, 0.25) is 0 Å². The smallest absolute Gasteiger partial charge is 0.338 e. The third-order valence-corrected chi connectivity index (χ3v) is 4.05. The number of carbonyl (C=O) groups excluding carboxylic acids is 1. The van der Waals surface area contributed by atoms with Crippen LogP contribution in [0, 0.1) is 0 Å². The van der Waals surface area contributed by atoms with Crippen LogP contribution in [-0.2, 0) is 9.53 Å². The molecule has 8 heteroatoms. The Kier molecular flexibility index (Phi) is 4.63. The molecule has 1 aliphatic heterocycles. The fourth-order valence-corrected chi connectivity index (χ4v) is 3.04. The van der Waals surface area contributed by atoms with Gasteiger partial charge in [-0.1, -0.05) is 34.8 Å². The van der Waals surface area contributed by atoms with E-state index in [0.717, 1.165) is 5.56 Å². The molecule has 6 nitrogen and oxygen atoms in total. The fraction of sp³-hybridized carbons (Fsp3) is 0.200. The van der Waals surface area contributed by atoms with Crippen molar-refractivity contribution in [3.05, 3.63) is 52.5 Å². The van der Waals surface area contributed by atoms with Crippen molar-refractivity contribution in [2.45, 2.75) is 13.0 Å². The Labute approximate surface area is 142 Å². The number of benzene rings is 1. The van der Waals surface area contributed by atoms with Crippen molar-refractivity contribution in [3.8, 4) is 0 Å². The van der Waals surface area contributed by atoms with Gasteiger partial charge in [-0.05, 0) is 36.2 Å². The molecule has 23 heavy (non-hydrogen) atoms. The minimum absolute atomic E-state index is 0.289. The number of aromatic nitrogens is 2. The first kappa shape index (κ1) is 15.6. The first-order valence-electron chi connectivity index (χ1n) is 7.02. The molecule has 1 aromatic heterocycles. The predicted octanol–water partition coefficient (Wildman–Crippen LogP) is 2.03. The van der Waals surface area contributed by atoms with Gasteiger partial charge in [-0.3, -0.25) is 0 Å². The van der Waals surface area contributed by atoms with Crippen LogP contribution < -0.4 is 10.6 Å². The normalized spacial score (nSPS) is 17.4. The summed E-state index contributed by atoms with van der Waals surface area (Å²) in [6.45, 7) is 2.06. The summed E-state index contributed by atoms with van der Waals surface area (Å²) >= 11 is 6.50. The van der Waals surface area contributed by atoms with Crippen molar-refractivity contribution < 1.29 is 9.53 Å². The van der Waals surface area contributed by atoms with Gasteiger partial charge < -0.3 is 15.4 Å². The van der Waals surface area contributed by atoms with Crippen LogP contribution in [0.25, 0.3) is 5.70 Å². The number of nitrogens with one attached hydrogen (secondary N) is 2. The first-order valence-corrected chi connectivity index (χ1v) is 8.26. The highest BCUT2D eigenvalue weighted by molar-refractivity contribution is 7.80. The molecule has 0 bridgehead atoms. The molecule has 0 aliphatic carbocycles. The molecule has 0 amide bonds. The summed E-state index contributed by atoms with van der Waals surface area (Å²) in [5, 5.41) is 12.4. The van der Waals surface area contributed by atoms with Crippen LogP contribution in [0.3, 0.4) is 0 Å². The minimum atomic E-state index is -0.489. The van der Waals surface area contributed by atoms with E-state index < -0.39 is 12.0 Å². The molecule has 2 N–H and O–H groups in total. The van der Waals surface area contributed by atoms with Crippen LogP contribution in [0.1, 0.15) is 24.2 Å². The van der Waals surface area contributed by atoms with E-state index in [2.05, 4.69) is 20.2 Å². The van der Waals surface area contributed by atoms with E-state index in [-0.39, 0.29) is 6.61 Å². The van der Waals surface area contributed by atoms with E-state index >= 15 is 0 Å². The van der Waals surface area contributed by atoms with E-state index in [1.54, 1.807) is 12.3 Å². The lowest BCUT2D eigenvalue weighted by Gasteiger charge is -2.29. The standard InChI is InChI=1S/C15H14N4O2S2/c1-2-21-14(20)11-12(9-6-4-3-5-7-9)16-15(22)17-13(11)10-8-23-19-18-10/h3-8,13H,2H2,1H3,(H2,16,17,22)/t13-/m1/s1. The van der Waals surface area contributed by atoms with E-state index in [0.29, 0.717) is 22.1 Å². The highest BCUT2D eigenvalue weighted by Crippen LogP contribution is 2.31. The molecule has 1 aromatic carbocycles. The van der Waals surface area contributed by atoms with Gasteiger partial charge in [0, 0.05) is 5.38 Å². The van der Waals surface area contributed by atoms with Crippen molar-refractivity contribution >= 4 is 40.5 Å². The monoisotopic (exact) mass is 346 g/mol. The van der Waals surface area contributed by atoms with Crippen LogP contribution in [0.4, 0.5) is 0 Å². The Balaban J connectivity index is 2.15. The van der Waals surface area contributed by atoms with Gasteiger partial charge in [0.15, 0.2) is 5.11 Å². The van der Waals surface area contributed by atoms with Crippen LogP contribution in [0.15, 0.2) is 41.3 Å². The van der Waals surface area contributed by atoms with Gasteiger partial charge in [-0.15, -0.1) is 5.10 Å². The Hall–Kier alpha value is -2.32. The fourth-order valence-electron chi connectivity index (χ4n) is 2.35. The first-order chi connectivity index (χ1) is 11.2. The minimum Gasteiger partial charge on any atom is -0.463 e. The Morgan fingerprint density at radius 3 is 2.83 bits per heavy atom. The number of hydrogen-bond acceptors (Lipinski definition) is 6. The molecule has 0 spiro atoms. The van der Waals surface area contributed by atoms with Crippen LogP contribution >= 0.6 is 23.8 Å². The second kappa shape index (κ2) is 6.84. The molecule has 118 valence electrons. The van der Waals surface area contributed by atoms with Crippen molar-refractivity contribution in [1.29, 1.82) is 0 Å². The quantitative estimate of drug-likeness (QED) is 0.648.